The van der Waals surface area contributed by atoms with E-state index in [-0.39, 0.29) is 17.4 Å². The quantitative estimate of drug-likeness (QED) is 0.612. The maximum Gasteiger partial charge on any atom is 0.314 e. The van der Waals surface area contributed by atoms with Gasteiger partial charge in [-0.1, -0.05) is 30.3 Å². The lowest BCUT2D eigenvalue weighted by atomic mass is 9.72. The predicted octanol–water partition coefficient (Wildman–Crippen LogP) is 2.13. The summed E-state index contributed by atoms with van der Waals surface area (Å²) in [5, 5.41) is 0. The number of carbonyl (C=O) groups excluding carboxylic acids is 2. The van der Waals surface area contributed by atoms with Crippen molar-refractivity contribution in [3.8, 4) is 0 Å². The van der Waals surface area contributed by atoms with Gasteiger partial charge >= 0.3 is 11.9 Å². The molecule has 2 saturated heterocycles. The monoisotopic (exact) mass is 273 g/mol. The summed E-state index contributed by atoms with van der Waals surface area (Å²) < 4.78 is 4.64. The van der Waals surface area contributed by atoms with E-state index in [0.717, 1.165) is 32.5 Å². The second-order valence-electron chi connectivity index (χ2n) is 5.96. The summed E-state index contributed by atoms with van der Waals surface area (Å²) in [6, 6.07) is 10.4. The zero-order chi connectivity index (χ0) is 14.0. The number of nitrogens with zero attached hydrogens (tertiary/aromatic N) is 1. The van der Waals surface area contributed by atoms with Crippen LogP contribution in [0.4, 0.5) is 0 Å². The van der Waals surface area contributed by atoms with Gasteiger partial charge in [-0.25, -0.2) is 0 Å². The molecule has 0 saturated carbocycles. The van der Waals surface area contributed by atoms with Crippen molar-refractivity contribution >= 4 is 11.9 Å². The number of hydrogen-bond acceptors (Lipinski definition) is 4. The number of piperidine rings is 1. The Bertz CT molecular complexity index is 486. The topological polar surface area (TPSA) is 46.6 Å². The largest absolute Gasteiger partial charge is 0.393 e. The highest BCUT2D eigenvalue weighted by Gasteiger charge is 2.43. The van der Waals surface area contributed by atoms with E-state index in [1.165, 1.54) is 5.56 Å². The van der Waals surface area contributed by atoms with Gasteiger partial charge in [0.05, 0.1) is 12.8 Å². The Morgan fingerprint density at radius 2 is 1.60 bits per heavy atom. The molecule has 106 valence electrons. The minimum Gasteiger partial charge on any atom is -0.393 e. The fourth-order valence-electron chi connectivity index (χ4n) is 3.25. The minimum absolute atomic E-state index is 0.139. The number of rotatable bonds is 2. The van der Waals surface area contributed by atoms with Crippen LogP contribution in [0.2, 0.25) is 0 Å². The zero-order valence-corrected chi connectivity index (χ0v) is 11.5. The van der Waals surface area contributed by atoms with Crippen LogP contribution >= 0.6 is 0 Å². The molecule has 0 aromatic heterocycles. The maximum atomic E-state index is 11.5. The normalized spacial score (nSPS) is 22.8. The van der Waals surface area contributed by atoms with Crippen molar-refractivity contribution in [2.75, 3.05) is 13.1 Å². The van der Waals surface area contributed by atoms with Crippen LogP contribution in [0, 0.1) is 5.41 Å². The van der Waals surface area contributed by atoms with Gasteiger partial charge in [-0.05, 0) is 36.9 Å². The van der Waals surface area contributed by atoms with Crippen LogP contribution in [0.3, 0.4) is 0 Å². The van der Waals surface area contributed by atoms with E-state index >= 15 is 0 Å². The third-order valence-electron chi connectivity index (χ3n) is 4.43. The number of likely N-dealkylation sites (tertiary alicyclic amines) is 1. The van der Waals surface area contributed by atoms with Gasteiger partial charge in [0.15, 0.2) is 0 Å². The summed E-state index contributed by atoms with van der Waals surface area (Å²) >= 11 is 0. The van der Waals surface area contributed by atoms with Crippen LogP contribution in [-0.2, 0) is 20.9 Å². The lowest BCUT2D eigenvalue weighted by Crippen LogP contribution is -2.45. The van der Waals surface area contributed by atoms with Crippen molar-refractivity contribution < 1.29 is 14.3 Å². The van der Waals surface area contributed by atoms with E-state index in [1.54, 1.807) is 0 Å². The molecule has 20 heavy (non-hydrogen) atoms. The number of carbonyl (C=O) groups is 2. The van der Waals surface area contributed by atoms with Crippen molar-refractivity contribution in [3.63, 3.8) is 0 Å². The molecular weight excluding hydrogens is 254 g/mol. The number of benzene rings is 1. The number of ether oxygens (including phenoxy) is 1. The summed E-state index contributed by atoms with van der Waals surface area (Å²) in [6.45, 7) is 2.82. The van der Waals surface area contributed by atoms with E-state index in [1.807, 2.05) is 6.07 Å². The van der Waals surface area contributed by atoms with Crippen molar-refractivity contribution in [3.05, 3.63) is 35.9 Å². The molecule has 0 amide bonds. The Morgan fingerprint density at radius 1 is 1.00 bits per heavy atom. The molecule has 4 nitrogen and oxygen atoms in total. The molecule has 2 heterocycles. The average Bonchev–Trinajstić information content (AvgIpc) is 2.42. The van der Waals surface area contributed by atoms with Gasteiger partial charge in [0.2, 0.25) is 0 Å². The highest BCUT2D eigenvalue weighted by atomic mass is 16.6. The van der Waals surface area contributed by atoms with Crippen molar-refractivity contribution in [1.29, 1.82) is 0 Å². The molecule has 1 spiro atoms. The fourth-order valence-corrected chi connectivity index (χ4v) is 3.25. The Hall–Kier alpha value is -1.68. The van der Waals surface area contributed by atoms with Crippen LogP contribution in [0.1, 0.15) is 31.2 Å². The van der Waals surface area contributed by atoms with Crippen LogP contribution in [-0.4, -0.2) is 29.9 Å². The van der Waals surface area contributed by atoms with E-state index in [0.29, 0.717) is 12.8 Å². The highest BCUT2D eigenvalue weighted by Crippen LogP contribution is 2.41. The fraction of sp³-hybridized carbons (Fsp3) is 0.500. The molecule has 0 unspecified atom stereocenters. The molecule has 3 rings (SSSR count). The molecule has 2 fully saturated rings. The number of cyclic esters (lactones) is 2. The van der Waals surface area contributed by atoms with Crippen LogP contribution < -0.4 is 0 Å². The smallest absolute Gasteiger partial charge is 0.314 e. The first-order chi connectivity index (χ1) is 9.65. The molecule has 1 aromatic rings. The third-order valence-corrected chi connectivity index (χ3v) is 4.43. The Kier molecular flexibility index (Phi) is 3.57. The van der Waals surface area contributed by atoms with E-state index < -0.39 is 0 Å². The molecule has 2 aliphatic heterocycles. The van der Waals surface area contributed by atoms with Gasteiger partial charge in [0.1, 0.15) is 0 Å². The van der Waals surface area contributed by atoms with Gasteiger partial charge in [-0.15, -0.1) is 0 Å². The van der Waals surface area contributed by atoms with Crippen LogP contribution in [0.15, 0.2) is 30.3 Å². The first-order valence-corrected chi connectivity index (χ1v) is 7.15. The van der Waals surface area contributed by atoms with Gasteiger partial charge in [-0.2, -0.15) is 0 Å². The van der Waals surface area contributed by atoms with Crippen LogP contribution in [0.5, 0.6) is 0 Å². The first-order valence-electron chi connectivity index (χ1n) is 7.15. The third kappa shape index (κ3) is 2.90. The highest BCUT2D eigenvalue weighted by molar-refractivity contribution is 5.89. The second-order valence-corrected chi connectivity index (χ2v) is 5.96. The molecule has 0 radical (unpaired) electrons. The summed E-state index contributed by atoms with van der Waals surface area (Å²) in [4.78, 5) is 25.3. The lowest BCUT2D eigenvalue weighted by Gasteiger charge is -2.42. The van der Waals surface area contributed by atoms with Gasteiger partial charge in [0, 0.05) is 6.54 Å². The Balaban J connectivity index is 1.59. The average molecular weight is 273 g/mol. The summed E-state index contributed by atoms with van der Waals surface area (Å²) in [6.07, 6.45) is 2.61. The molecule has 0 atom stereocenters. The Labute approximate surface area is 118 Å². The Morgan fingerprint density at radius 3 is 2.20 bits per heavy atom. The molecule has 0 N–H and O–H groups in total. The summed E-state index contributed by atoms with van der Waals surface area (Å²) in [7, 11) is 0. The summed E-state index contributed by atoms with van der Waals surface area (Å²) in [5.41, 5.74) is 1.17. The molecule has 1 aromatic carbocycles. The lowest BCUT2D eigenvalue weighted by molar-refractivity contribution is -0.171. The molecule has 2 aliphatic rings. The SMILES string of the molecule is O=C1CC2(CCN(Cc3ccccc3)CC2)CC(=O)O1. The van der Waals surface area contributed by atoms with Crippen molar-refractivity contribution in [1.82, 2.24) is 4.90 Å². The van der Waals surface area contributed by atoms with Crippen molar-refractivity contribution in [2.24, 2.45) is 5.41 Å². The van der Waals surface area contributed by atoms with E-state index in [2.05, 4.69) is 33.9 Å². The maximum absolute atomic E-state index is 11.5. The molecular formula is C16H19NO3. The summed E-state index contributed by atoms with van der Waals surface area (Å²) in [5.74, 6) is -0.699. The van der Waals surface area contributed by atoms with E-state index in [4.69, 9.17) is 0 Å². The second kappa shape index (κ2) is 5.37. The standard InChI is InChI=1S/C16H19NO3/c18-14-10-16(11-15(19)20-14)6-8-17(9-7-16)12-13-4-2-1-3-5-13/h1-5H,6-12H2. The molecule has 0 bridgehead atoms. The minimum atomic E-state index is -0.349. The van der Waals surface area contributed by atoms with Crippen LogP contribution in [0.25, 0.3) is 0 Å². The van der Waals surface area contributed by atoms with Gasteiger partial charge in [-0.3, -0.25) is 14.5 Å². The van der Waals surface area contributed by atoms with E-state index in [9.17, 15) is 9.59 Å². The first kappa shape index (κ1) is 13.3. The zero-order valence-electron chi connectivity index (χ0n) is 11.5. The van der Waals surface area contributed by atoms with Gasteiger partial charge in [0.25, 0.3) is 0 Å². The number of esters is 2. The predicted molar refractivity (Wildman–Crippen MR) is 73.7 cm³/mol. The molecule has 4 heteroatoms. The van der Waals surface area contributed by atoms with Gasteiger partial charge < -0.3 is 4.74 Å². The number of hydrogen-bond donors (Lipinski definition) is 0. The van der Waals surface area contributed by atoms with Crippen molar-refractivity contribution in [2.45, 2.75) is 32.2 Å². The molecule has 0 aliphatic carbocycles.